The van der Waals surface area contributed by atoms with Crippen LogP contribution >= 0.6 is 0 Å². The summed E-state index contributed by atoms with van der Waals surface area (Å²) >= 11 is 0. The molecule has 4 rings (SSSR count). The highest BCUT2D eigenvalue weighted by Crippen LogP contribution is 2.28. The minimum atomic E-state index is 0.359. The van der Waals surface area contributed by atoms with Gasteiger partial charge in [-0.05, 0) is 52.2 Å². The first-order valence-corrected chi connectivity index (χ1v) is 12.1. The van der Waals surface area contributed by atoms with Gasteiger partial charge in [0, 0.05) is 38.0 Å². The Morgan fingerprint density at radius 1 is 1.15 bits per heavy atom. The van der Waals surface area contributed by atoms with Gasteiger partial charge in [-0.15, -0.1) is 0 Å². The van der Waals surface area contributed by atoms with Crippen LogP contribution in [0.25, 0.3) is 11.0 Å². The van der Waals surface area contributed by atoms with Crippen molar-refractivity contribution in [1.29, 1.82) is 0 Å². The lowest BCUT2D eigenvalue weighted by Crippen LogP contribution is -2.42. The number of fused-ring (bicyclic) bond motifs is 1. The van der Waals surface area contributed by atoms with Crippen LogP contribution in [0.2, 0.25) is 0 Å². The molecule has 1 fully saturated rings. The molecule has 2 N–H and O–H groups in total. The van der Waals surface area contributed by atoms with Crippen LogP contribution in [0.4, 0.5) is 17.6 Å². The van der Waals surface area contributed by atoms with Crippen molar-refractivity contribution in [3.05, 3.63) is 30.1 Å². The number of hydrogen-bond acceptors (Lipinski definition) is 8. The van der Waals surface area contributed by atoms with Crippen LogP contribution < -0.4 is 10.6 Å². The summed E-state index contributed by atoms with van der Waals surface area (Å²) in [4.78, 5) is 16.8. The third-order valence-corrected chi connectivity index (χ3v) is 6.15. The Bertz CT molecular complexity index is 1030. The monoisotopic (exact) mass is 452 g/mol. The molecule has 9 heteroatoms. The predicted octanol–water partition coefficient (Wildman–Crippen LogP) is 3.85. The lowest BCUT2D eigenvalue weighted by Gasteiger charge is -2.34. The average Bonchev–Trinajstić information content (AvgIpc) is 3.18. The van der Waals surface area contributed by atoms with E-state index in [1.807, 2.05) is 29.8 Å². The molecule has 33 heavy (non-hydrogen) atoms. The number of nitrogens with zero attached hydrogens (tertiary/aromatic N) is 6. The Kier molecular flexibility index (Phi) is 7.72. The fraction of sp³-hybridized carbons (Fsp3) is 0.583. The molecule has 0 saturated carbocycles. The first-order valence-electron chi connectivity index (χ1n) is 12.1. The number of pyridine rings is 1. The van der Waals surface area contributed by atoms with Crippen molar-refractivity contribution in [2.45, 2.75) is 65.6 Å². The van der Waals surface area contributed by atoms with Crippen LogP contribution in [0, 0.1) is 0 Å². The fourth-order valence-electron chi connectivity index (χ4n) is 4.29. The molecule has 0 radical (unpaired) electrons. The molecule has 0 atom stereocenters. The number of aromatic nitrogens is 5. The smallest absolute Gasteiger partial charge is 0.225 e. The van der Waals surface area contributed by atoms with Crippen LogP contribution in [0.3, 0.4) is 0 Å². The zero-order valence-electron chi connectivity index (χ0n) is 20.2. The number of likely N-dealkylation sites (tertiary alicyclic amines) is 1. The lowest BCUT2D eigenvalue weighted by molar-refractivity contribution is 0.137. The molecule has 0 amide bonds. The van der Waals surface area contributed by atoms with Gasteiger partial charge >= 0.3 is 0 Å². The first-order chi connectivity index (χ1) is 16.1. The number of aryl methyl sites for hydroxylation is 1. The molecule has 0 unspecified atom stereocenters. The van der Waals surface area contributed by atoms with Crippen molar-refractivity contribution in [3.8, 4) is 0 Å². The topological polar surface area (TPSA) is 93.0 Å². The average molecular weight is 453 g/mol. The van der Waals surface area contributed by atoms with E-state index in [0.717, 1.165) is 54.9 Å². The summed E-state index contributed by atoms with van der Waals surface area (Å²) in [6.07, 6.45) is 4.73. The number of rotatable bonds is 10. The van der Waals surface area contributed by atoms with Crippen molar-refractivity contribution < 1.29 is 4.74 Å². The van der Waals surface area contributed by atoms with Gasteiger partial charge in [-0.2, -0.15) is 10.1 Å². The summed E-state index contributed by atoms with van der Waals surface area (Å²) in [5.74, 6) is 2.09. The van der Waals surface area contributed by atoms with E-state index in [-0.39, 0.29) is 0 Å². The van der Waals surface area contributed by atoms with Crippen LogP contribution in [0.15, 0.2) is 24.4 Å². The van der Waals surface area contributed by atoms with Gasteiger partial charge in [0.05, 0.1) is 18.8 Å². The van der Waals surface area contributed by atoms with E-state index < -0.39 is 0 Å². The Morgan fingerprint density at radius 2 is 1.97 bits per heavy atom. The van der Waals surface area contributed by atoms with Gasteiger partial charge in [-0.25, -0.2) is 9.97 Å². The molecule has 9 nitrogen and oxygen atoms in total. The molecular formula is C24H36N8O. The van der Waals surface area contributed by atoms with Gasteiger partial charge in [0.15, 0.2) is 5.82 Å². The molecule has 0 spiro atoms. The van der Waals surface area contributed by atoms with E-state index in [9.17, 15) is 0 Å². The van der Waals surface area contributed by atoms with E-state index in [2.05, 4.69) is 41.3 Å². The molecule has 3 aromatic rings. The SMILES string of the molecule is CCOCCn1nc(CC)c2nc(NC3CCN(C(C)C)CC3)nc(Nc3ccccn3)c21. The summed E-state index contributed by atoms with van der Waals surface area (Å²) in [5, 5.41) is 11.8. The summed E-state index contributed by atoms with van der Waals surface area (Å²) in [7, 11) is 0. The van der Waals surface area contributed by atoms with E-state index in [0.29, 0.717) is 43.6 Å². The van der Waals surface area contributed by atoms with Crippen LogP contribution in [-0.2, 0) is 17.7 Å². The second-order valence-corrected chi connectivity index (χ2v) is 8.70. The van der Waals surface area contributed by atoms with E-state index >= 15 is 0 Å². The number of anilines is 3. The zero-order valence-corrected chi connectivity index (χ0v) is 20.2. The zero-order chi connectivity index (χ0) is 23.2. The Morgan fingerprint density at radius 3 is 2.64 bits per heavy atom. The molecular weight excluding hydrogens is 416 g/mol. The summed E-state index contributed by atoms with van der Waals surface area (Å²) in [6, 6.07) is 6.74. The maximum atomic E-state index is 5.59. The third kappa shape index (κ3) is 5.59. The number of piperidine rings is 1. The van der Waals surface area contributed by atoms with E-state index in [1.165, 1.54) is 0 Å². The Balaban J connectivity index is 1.66. The summed E-state index contributed by atoms with van der Waals surface area (Å²) in [6.45, 7) is 12.7. The number of nitrogens with one attached hydrogen (secondary N) is 2. The minimum Gasteiger partial charge on any atom is -0.380 e. The fourth-order valence-corrected chi connectivity index (χ4v) is 4.29. The first kappa shape index (κ1) is 23.4. The van der Waals surface area contributed by atoms with E-state index in [1.54, 1.807) is 6.20 Å². The predicted molar refractivity (Wildman–Crippen MR) is 132 cm³/mol. The molecule has 4 heterocycles. The Hall–Kier alpha value is -2.78. The second kappa shape index (κ2) is 10.9. The van der Waals surface area contributed by atoms with Crippen LogP contribution in [-0.4, -0.2) is 68.0 Å². The molecule has 0 aromatic carbocycles. The largest absolute Gasteiger partial charge is 0.380 e. The van der Waals surface area contributed by atoms with Gasteiger partial charge in [0.25, 0.3) is 0 Å². The molecule has 0 aliphatic carbocycles. The molecule has 3 aromatic heterocycles. The normalized spacial score (nSPS) is 15.4. The van der Waals surface area contributed by atoms with Gasteiger partial charge in [0.2, 0.25) is 5.95 Å². The van der Waals surface area contributed by atoms with Crippen molar-refractivity contribution in [1.82, 2.24) is 29.6 Å². The van der Waals surface area contributed by atoms with E-state index in [4.69, 9.17) is 19.8 Å². The molecule has 0 bridgehead atoms. The van der Waals surface area contributed by atoms with Crippen LogP contribution in [0.5, 0.6) is 0 Å². The van der Waals surface area contributed by atoms with Gasteiger partial charge < -0.3 is 20.3 Å². The van der Waals surface area contributed by atoms with Crippen molar-refractivity contribution >= 4 is 28.6 Å². The molecule has 1 aliphatic rings. The lowest BCUT2D eigenvalue weighted by atomic mass is 10.0. The summed E-state index contributed by atoms with van der Waals surface area (Å²) < 4.78 is 7.54. The molecule has 1 aliphatic heterocycles. The Labute approximate surface area is 196 Å². The highest BCUT2D eigenvalue weighted by molar-refractivity contribution is 5.90. The minimum absolute atomic E-state index is 0.359. The van der Waals surface area contributed by atoms with Gasteiger partial charge in [0.1, 0.15) is 16.9 Å². The van der Waals surface area contributed by atoms with Crippen molar-refractivity contribution in [2.24, 2.45) is 0 Å². The summed E-state index contributed by atoms with van der Waals surface area (Å²) in [5.41, 5.74) is 2.73. The molecule has 1 saturated heterocycles. The third-order valence-electron chi connectivity index (χ3n) is 6.15. The highest BCUT2D eigenvalue weighted by atomic mass is 16.5. The van der Waals surface area contributed by atoms with Crippen LogP contribution in [0.1, 0.15) is 46.2 Å². The number of hydrogen-bond donors (Lipinski definition) is 2. The number of ether oxygens (including phenoxy) is 1. The quantitative estimate of drug-likeness (QED) is 0.448. The van der Waals surface area contributed by atoms with Gasteiger partial charge in [-0.3, -0.25) is 4.68 Å². The maximum absolute atomic E-state index is 5.59. The van der Waals surface area contributed by atoms with Crippen molar-refractivity contribution in [3.63, 3.8) is 0 Å². The van der Waals surface area contributed by atoms with Crippen molar-refractivity contribution in [2.75, 3.05) is 36.9 Å². The van der Waals surface area contributed by atoms with Gasteiger partial charge in [-0.1, -0.05) is 13.0 Å². The highest BCUT2D eigenvalue weighted by Gasteiger charge is 2.23. The second-order valence-electron chi connectivity index (χ2n) is 8.70. The maximum Gasteiger partial charge on any atom is 0.225 e. The molecule has 178 valence electrons. The standard InChI is InChI=1S/C24H36N8O/c1-5-19-21-22(32(30-19)15-16-33-6-2)23(27-20-9-7-8-12-25-20)29-24(28-21)26-18-10-13-31(14-11-18)17(3)4/h7-9,12,17-18H,5-6,10-11,13-16H2,1-4H3,(H2,25,26,27,28,29).